The Morgan fingerprint density at radius 2 is 2.12 bits per heavy atom. The van der Waals surface area contributed by atoms with Crippen molar-refractivity contribution in [2.75, 3.05) is 0 Å². The molecular formula is C18H19N5O2. The van der Waals surface area contributed by atoms with Crippen LogP contribution in [0.2, 0.25) is 0 Å². The second-order valence-electron chi connectivity index (χ2n) is 5.46. The molecular weight excluding hydrogens is 318 g/mol. The van der Waals surface area contributed by atoms with Crippen molar-refractivity contribution in [1.82, 2.24) is 25.2 Å². The predicted molar refractivity (Wildman–Crippen MR) is 93.2 cm³/mol. The maximum Gasteiger partial charge on any atom is 0.257 e. The molecule has 3 rings (SSSR count). The van der Waals surface area contributed by atoms with Gasteiger partial charge in [-0.15, -0.1) is 0 Å². The monoisotopic (exact) mass is 337 g/mol. The molecule has 7 heteroatoms. The summed E-state index contributed by atoms with van der Waals surface area (Å²) in [5, 5.41) is 10.9. The minimum Gasteiger partial charge on any atom is -0.343 e. The molecule has 2 aromatic heterocycles. The second-order valence-corrected chi connectivity index (χ2v) is 5.46. The number of nitrogens with zero attached hydrogens (tertiary/aromatic N) is 4. The van der Waals surface area contributed by atoms with Crippen LogP contribution in [0.15, 0.2) is 53.2 Å². The molecule has 2 heterocycles. The van der Waals surface area contributed by atoms with Gasteiger partial charge in [0.25, 0.3) is 5.89 Å². The van der Waals surface area contributed by atoms with Crippen molar-refractivity contribution >= 4 is 12.0 Å². The van der Waals surface area contributed by atoms with Crippen LogP contribution in [-0.2, 0) is 11.3 Å². The zero-order chi connectivity index (χ0) is 17.6. The lowest BCUT2D eigenvalue weighted by Crippen LogP contribution is -2.25. The highest BCUT2D eigenvalue weighted by molar-refractivity contribution is 5.91. The number of carbonyl (C=O) groups excluding carboxylic acids is 1. The summed E-state index contributed by atoms with van der Waals surface area (Å²) in [6.07, 6.45) is 4.90. The van der Waals surface area contributed by atoms with E-state index in [1.807, 2.05) is 50.2 Å². The topological polar surface area (TPSA) is 85.8 Å². The number of rotatable bonds is 6. The van der Waals surface area contributed by atoms with E-state index < -0.39 is 0 Å². The molecule has 7 nitrogen and oxygen atoms in total. The van der Waals surface area contributed by atoms with Gasteiger partial charge in [-0.2, -0.15) is 10.1 Å². The van der Waals surface area contributed by atoms with Crippen LogP contribution in [0.3, 0.4) is 0 Å². The smallest absolute Gasteiger partial charge is 0.257 e. The summed E-state index contributed by atoms with van der Waals surface area (Å²) >= 11 is 0. The van der Waals surface area contributed by atoms with Gasteiger partial charge in [0.1, 0.15) is 0 Å². The Hall–Kier alpha value is -3.22. The Labute approximate surface area is 145 Å². The predicted octanol–water partition coefficient (Wildman–Crippen LogP) is 2.84. The van der Waals surface area contributed by atoms with Gasteiger partial charge in [0.15, 0.2) is 5.82 Å². The van der Waals surface area contributed by atoms with E-state index in [9.17, 15) is 4.79 Å². The number of amides is 1. The van der Waals surface area contributed by atoms with E-state index in [1.165, 1.54) is 6.08 Å². The van der Waals surface area contributed by atoms with Gasteiger partial charge in [0, 0.05) is 24.4 Å². The van der Waals surface area contributed by atoms with Crippen LogP contribution in [0.4, 0.5) is 0 Å². The molecule has 0 bridgehead atoms. The Morgan fingerprint density at radius 3 is 2.88 bits per heavy atom. The number of hydrogen-bond acceptors (Lipinski definition) is 5. The molecule has 1 unspecified atom stereocenters. The molecule has 1 N–H and O–H groups in total. The lowest BCUT2D eigenvalue weighted by Gasteiger charge is -2.07. The molecule has 0 aliphatic rings. The van der Waals surface area contributed by atoms with Crippen molar-refractivity contribution in [2.24, 2.45) is 0 Å². The van der Waals surface area contributed by atoms with Crippen molar-refractivity contribution < 1.29 is 9.32 Å². The minimum absolute atomic E-state index is 0.234. The lowest BCUT2D eigenvalue weighted by molar-refractivity contribution is -0.117. The van der Waals surface area contributed by atoms with Crippen molar-refractivity contribution in [3.05, 3.63) is 60.2 Å². The van der Waals surface area contributed by atoms with E-state index in [-0.39, 0.29) is 11.9 Å². The van der Waals surface area contributed by atoms with Gasteiger partial charge in [-0.25, -0.2) is 0 Å². The third-order valence-corrected chi connectivity index (χ3v) is 3.66. The third kappa shape index (κ3) is 4.00. The normalized spacial score (nSPS) is 12.4. The Morgan fingerprint density at radius 1 is 1.32 bits per heavy atom. The Balaban J connectivity index is 1.63. The van der Waals surface area contributed by atoms with Gasteiger partial charge in [0.2, 0.25) is 5.91 Å². The molecule has 0 fully saturated rings. The molecule has 3 aromatic rings. The van der Waals surface area contributed by atoms with Crippen LogP contribution in [0.5, 0.6) is 0 Å². The van der Waals surface area contributed by atoms with E-state index in [2.05, 4.69) is 20.6 Å². The summed E-state index contributed by atoms with van der Waals surface area (Å²) in [6.45, 7) is 4.55. The fourth-order valence-corrected chi connectivity index (χ4v) is 2.34. The van der Waals surface area contributed by atoms with Gasteiger partial charge in [-0.3, -0.25) is 9.48 Å². The van der Waals surface area contributed by atoms with E-state index in [0.717, 1.165) is 17.8 Å². The molecule has 128 valence electrons. The second kappa shape index (κ2) is 7.57. The highest BCUT2D eigenvalue weighted by Crippen LogP contribution is 2.18. The first-order chi connectivity index (χ1) is 12.2. The van der Waals surface area contributed by atoms with Crippen LogP contribution in [0, 0.1) is 0 Å². The highest BCUT2D eigenvalue weighted by Gasteiger charge is 2.16. The molecule has 1 atom stereocenters. The zero-order valence-electron chi connectivity index (χ0n) is 14.1. The van der Waals surface area contributed by atoms with E-state index in [1.54, 1.807) is 17.0 Å². The SMILES string of the molecule is CCn1nccc1/C=C/C(=O)NC(C)c1noc(-c2ccccc2)n1. The molecule has 0 spiro atoms. The van der Waals surface area contributed by atoms with Crippen LogP contribution in [0.1, 0.15) is 31.4 Å². The highest BCUT2D eigenvalue weighted by atomic mass is 16.5. The number of carbonyl (C=O) groups is 1. The van der Waals surface area contributed by atoms with Crippen LogP contribution < -0.4 is 5.32 Å². The molecule has 0 aliphatic carbocycles. The van der Waals surface area contributed by atoms with Crippen LogP contribution in [0.25, 0.3) is 17.5 Å². The van der Waals surface area contributed by atoms with Crippen molar-refractivity contribution in [3.8, 4) is 11.5 Å². The molecule has 0 aliphatic heterocycles. The third-order valence-electron chi connectivity index (χ3n) is 3.66. The van der Waals surface area contributed by atoms with Gasteiger partial charge in [-0.05, 0) is 38.1 Å². The standard InChI is InChI=1S/C18H19N5O2/c1-3-23-15(11-12-19-23)9-10-16(24)20-13(2)17-21-18(25-22-17)14-7-5-4-6-8-14/h4-13H,3H2,1-2H3,(H,20,24)/b10-9+. The van der Waals surface area contributed by atoms with E-state index in [4.69, 9.17) is 4.52 Å². The summed E-state index contributed by atoms with van der Waals surface area (Å²) in [6, 6.07) is 11.0. The summed E-state index contributed by atoms with van der Waals surface area (Å²) in [5.74, 6) is 0.626. The van der Waals surface area contributed by atoms with Crippen molar-refractivity contribution in [2.45, 2.75) is 26.4 Å². The number of benzene rings is 1. The Bertz CT molecular complexity index is 866. The average molecular weight is 337 g/mol. The van der Waals surface area contributed by atoms with Gasteiger partial charge in [0.05, 0.1) is 11.7 Å². The van der Waals surface area contributed by atoms with Crippen molar-refractivity contribution in [1.29, 1.82) is 0 Å². The molecule has 25 heavy (non-hydrogen) atoms. The summed E-state index contributed by atoms with van der Waals surface area (Å²) < 4.78 is 7.06. The fourth-order valence-electron chi connectivity index (χ4n) is 2.34. The molecule has 1 aromatic carbocycles. The summed E-state index contributed by atoms with van der Waals surface area (Å²) in [5.41, 5.74) is 1.71. The molecule has 0 radical (unpaired) electrons. The van der Waals surface area contributed by atoms with E-state index >= 15 is 0 Å². The maximum atomic E-state index is 12.1. The van der Waals surface area contributed by atoms with Gasteiger partial charge in [-0.1, -0.05) is 23.4 Å². The van der Waals surface area contributed by atoms with Crippen molar-refractivity contribution in [3.63, 3.8) is 0 Å². The van der Waals surface area contributed by atoms with E-state index in [0.29, 0.717) is 11.7 Å². The zero-order valence-corrected chi connectivity index (χ0v) is 14.1. The largest absolute Gasteiger partial charge is 0.343 e. The summed E-state index contributed by atoms with van der Waals surface area (Å²) in [4.78, 5) is 16.4. The number of aromatic nitrogens is 4. The maximum absolute atomic E-state index is 12.1. The first-order valence-corrected chi connectivity index (χ1v) is 8.06. The lowest BCUT2D eigenvalue weighted by atomic mass is 10.2. The number of aryl methyl sites for hydroxylation is 1. The first-order valence-electron chi connectivity index (χ1n) is 8.06. The summed E-state index contributed by atoms with van der Waals surface area (Å²) in [7, 11) is 0. The van der Waals surface area contributed by atoms with Gasteiger partial charge < -0.3 is 9.84 Å². The molecule has 0 saturated carbocycles. The average Bonchev–Trinajstić information content (AvgIpc) is 3.30. The number of nitrogens with one attached hydrogen (secondary N) is 1. The van der Waals surface area contributed by atoms with Crippen LogP contribution >= 0.6 is 0 Å². The first kappa shape index (κ1) is 16.6. The fraction of sp³-hybridized carbons (Fsp3) is 0.222. The number of hydrogen-bond donors (Lipinski definition) is 1. The minimum atomic E-state index is -0.366. The van der Waals surface area contributed by atoms with Crippen LogP contribution in [-0.4, -0.2) is 25.8 Å². The molecule has 0 saturated heterocycles. The molecule has 1 amide bonds. The Kier molecular flexibility index (Phi) is 5.03. The quantitative estimate of drug-likeness (QED) is 0.699. The van der Waals surface area contributed by atoms with Gasteiger partial charge >= 0.3 is 0 Å².